The molecule has 0 fully saturated rings. The Morgan fingerprint density at radius 2 is 2.05 bits per heavy atom. The van der Waals surface area contributed by atoms with Crippen molar-refractivity contribution in [3.63, 3.8) is 0 Å². The van der Waals surface area contributed by atoms with Crippen molar-refractivity contribution in [1.29, 1.82) is 0 Å². The zero-order valence-corrected chi connectivity index (χ0v) is 15.3. The summed E-state index contributed by atoms with van der Waals surface area (Å²) >= 11 is 0. The molecule has 1 aromatic carbocycles. The molecule has 0 unspecified atom stereocenters. The van der Waals surface area contributed by atoms with Crippen LogP contribution in [0, 0.1) is 0 Å². The number of nitrogens with zero attached hydrogens (tertiary/aromatic N) is 1. The molecule has 0 saturated heterocycles. The Balaban J connectivity index is 2.54. The minimum Gasteiger partial charge on any atom is -0.496 e. The van der Waals surface area contributed by atoms with E-state index in [-0.39, 0.29) is 5.54 Å². The molecular weight excluding hydrogens is 272 g/mol. The Bertz CT molecular complexity index is 522. The highest BCUT2D eigenvalue weighted by Crippen LogP contribution is 2.46. The number of methoxy groups -OCH3 is 1. The van der Waals surface area contributed by atoms with Crippen molar-refractivity contribution in [3.05, 3.63) is 23.3 Å². The van der Waals surface area contributed by atoms with Gasteiger partial charge in [-0.3, -0.25) is 0 Å². The molecule has 124 valence electrons. The summed E-state index contributed by atoms with van der Waals surface area (Å²) < 4.78 is 5.67. The van der Waals surface area contributed by atoms with E-state index in [1.54, 1.807) is 7.11 Å². The zero-order valence-electron chi connectivity index (χ0n) is 15.3. The molecule has 0 amide bonds. The lowest BCUT2D eigenvalue weighted by atomic mass is 9.78. The van der Waals surface area contributed by atoms with Gasteiger partial charge in [-0.15, -0.1) is 0 Å². The van der Waals surface area contributed by atoms with Gasteiger partial charge in [0, 0.05) is 35.4 Å². The van der Waals surface area contributed by atoms with Crippen molar-refractivity contribution >= 4 is 5.69 Å². The lowest BCUT2D eigenvalue weighted by Gasteiger charge is -2.50. The molecule has 1 atom stereocenters. The topological polar surface area (TPSA) is 24.5 Å². The predicted molar refractivity (Wildman–Crippen MR) is 95.1 cm³/mol. The second-order valence-electron chi connectivity index (χ2n) is 7.38. The fraction of sp³-hybridized carbons (Fsp3) is 0.684. The highest BCUT2D eigenvalue weighted by molar-refractivity contribution is 5.65. The van der Waals surface area contributed by atoms with Gasteiger partial charge in [-0.1, -0.05) is 13.8 Å². The minimum atomic E-state index is 0.175. The van der Waals surface area contributed by atoms with Crippen LogP contribution in [0.4, 0.5) is 5.69 Å². The summed E-state index contributed by atoms with van der Waals surface area (Å²) in [5.74, 6) is 1.57. The van der Waals surface area contributed by atoms with Gasteiger partial charge >= 0.3 is 0 Å². The highest BCUT2D eigenvalue weighted by atomic mass is 16.5. The highest BCUT2D eigenvalue weighted by Gasteiger charge is 2.38. The normalized spacial score (nSPS) is 20.2. The van der Waals surface area contributed by atoms with E-state index >= 15 is 0 Å². The first-order valence-corrected chi connectivity index (χ1v) is 8.52. The van der Waals surface area contributed by atoms with Gasteiger partial charge < -0.3 is 15.0 Å². The summed E-state index contributed by atoms with van der Waals surface area (Å²) in [6, 6.07) is 5.08. The number of ether oxygens (including phenoxy) is 1. The Labute approximate surface area is 136 Å². The third-order valence-corrected chi connectivity index (χ3v) is 4.76. The third-order valence-electron chi connectivity index (χ3n) is 4.76. The molecule has 0 spiro atoms. The van der Waals surface area contributed by atoms with E-state index < -0.39 is 0 Å². The van der Waals surface area contributed by atoms with Crippen LogP contribution >= 0.6 is 0 Å². The first-order chi connectivity index (χ1) is 10.3. The van der Waals surface area contributed by atoms with Crippen LogP contribution in [0.1, 0.15) is 65.0 Å². The molecule has 1 heterocycles. The number of hydrogen-bond donors (Lipinski definition) is 1. The average molecular weight is 304 g/mol. The van der Waals surface area contributed by atoms with E-state index in [0.29, 0.717) is 12.0 Å². The van der Waals surface area contributed by atoms with Crippen LogP contribution in [-0.2, 0) is 6.54 Å². The van der Waals surface area contributed by atoms with Gasteiger partial charge in [-0.05, 0) is 58.2 Å². The van der Waals surface area contributed by atoms with E-state index in [4.69, 9.17) is 4.74 Å². The summed E-state index contributed by atoms with van der Waals surface area (Å²) in [6.07, 6.45) is 1.19. The van der Waals surface area contributed by atoms with Crippen molar-refractivity contribution in [1.82, 2.24) is 5.32 Å². The molecule has 2 rings (SSSR count). The molecule has 0 aliphatic carbocycles. The standard InChI is InChI=1S/C19H32N2O/c1-8-20-12-15-9-16-14(4)11-19(5,6)21(13(2)3)17(16)10-18(15)22-7/h9-10,13-14,20H,8,11-12H2,1-7H3/t14-/m0/s1. The van der Waals surface area contributed by atoms with Crippen LogP contribution in [0.25, 0.3) is 0 Å². The average Bonchev–Trinajstić information content (AvgIpc) is 2.43. The first-order valence-electron chi connectivity index (χ1n) is 8.52. The molecule has 0 aromatic heterocycles. The van der Waals surface area contributed by atoms with Crippen molar-refractivity contribution in [3.8, 4) is 5.75 Å². The molecule has 22 heavy (non-hydrogen) atoms. The number of anilines is 1. The zero-order chi connectivity index (χ0) is 16.5. The smallest absolute Gasteiger partial charge is 0.125 e. The maximum Gasteiger partial charge on any atom is 0.125 e. The molecule has 0 bridgehead atoms. The third kappa shape index (κ3) is 3.10. The SMILES string of the molecule is CCNCc1cc2c(cc1OC)N(C(C)C)C(C)(C)C[C@@H]2C. The Kier molecular flexibility index (Phi) is 5.06. The van der Waals surface area contributed by atoms with Crippen molar-refractivity contribution in [2.24, 2.45) is 0 Å². The molecule has 0 saturated carbocycles. The van der Waals surface area contributed by atoms with E-state index in [9.17, 15) is 0 Å². The van der Waals surface area contributed by atoms with Crippen LogP contribution < -0.4 is 15.0 Å². The van der Waals surface area contributed by atoms with Gasteiger partial charge in [0.05, 0.1) is 7.11 Å². The van der Waals surface area contributed by atoms with Crippen LogP contribution in [0.3, 0.4) is 0 Å². The monoisotopic (exact) mass is 304 g/mol. The fourth-order valence-electron chi connectivity index (χ4n) is 4.08. The molecule has 1 aromatic rings. The van der Waals surface area contributed by atoms with Crippen LogP contribution in [0.5, 0.6) is 5.75 Å². The van der Waals surface area contributed by atoms with Gasteiger partial charge in [0.1, 0.15) is 5.75 Å². The van der Waals surface area contributed by atoms with Gasteiger partial charge in [0.15, 0.2) is 0 Å². The van der Waals surface area contributed by atoms with Gasteiger partial charge in [0.2, 0.25) is 0 Å². The van der Waals surface area contributed by atoms with Crippen molar-refractivity contribution in [2.45, 2.75) is 72.0 Å². The Morgan fingerprint density at radius 3 is 2.59 bits per heavy atom. The van der Waals surface area contributed by atoms with Crippen LogP contribution in [-0.4, -0.2) is 25.2 Å². The fourth-order valence-corrected chi connectivity index (χ4v) is 4.08. The Morgan fingerprint density at radius 1 is 1.36 bits per heavy atom. The maximum absolute atomic E-state index is 5.67. The van der Waals surface area contributed by atoms with E-state index in [0.717, 1.165) is 18.8 Å². The molecule has 0 radical (unpaired) electrons. The summed E-state index contributed by atoms with van der Waals surface area (Å²) in [6.45, 7) is 15.6. The largest absolute Gasteiger partial charge is 0.496 e. The number of nitrogens with one attached hydrogen (secondary N) is 1. The Hall–Kier alpha value is -1.22. The van der Waals surface area contributed by atoms with Gasteiger partial charge in [-0.2, -0.15) is 0 Å². The van der Waals surface area contributed by atoms with Gasteiger partial charge in [-0.25, -0.2) is 0 Å². The number of rotatable bonds is 5. The first kappa shape index (κ1) is 17.1. The number of benzene rings is 1. The molecule has 1 aliphatic rings. The molecule has 3 heteroatoms. The van der Waals surface area contributed by atoms with E-state index in [1.165, 1.54) is 23.2 Å². The summed E-state index contributed by atoms with van der Waals surface area (Å²) in [4.78, 5) is 2.56. The van der Waals surface area contributed by atoms with Gasteiger partial charge in [0.25, 0.3) is 0 Å². The van der Waals surface area contributed by atoms with E-state index in [1.807, 2.05) is 0 Å². The lowest BCUT2D eigenvalue weighted by Crippen LogP contribution is -2.51. The minimum absolute atomic E-state index is 0.175. The second kappa shape index (κ2) is 6.49. The van der Waals surface area contributed by atoms with Crippen LogP contribution in [0.15, 0.2) is 12.1 Å². The number of hydrogen-bond acceptors (Lipinski definition) is 3. The summed E-state index contributed by atoms with van der Waals surface area (Å²) in [7, 11) is 1.77. The molecule has 1 aliphatic heterocycles. The predicted octanol–water partition coefficient (Wildman–Crippen LogP) is 4.31. The summed E-state index contributed by atoms with van der Waals surface area (Å²) in [5.41, 5.74) is 4.24. The van der Waals surface area contributed by atoms with Crippen molar-refractivity contribution < 1.29 is 4.74 Å². The maximum atomic E-state index is 5.67. The molecular formula is C19H32N2O. The lowest BCUT2D eigenvalue weighted by molar-refractivity contribution is 0.353. The summed E-state index contributed by atoms with van der Waals surface area (Å²) in [5, 5.41) is 3.42. The quantitative estimate of drug-likeness (QED) is 0.877. The molecule has 3 nitrogen and oxygen atoms in total. The van der Waals surface area contributed by atoms with Crippen LogP contribution in [0.2, 0.25) is 0 Å². The molecule has 1 N–H and O–H groups in total. The second-order valence-corrected chi connectivity index (χ2v) is 7.38. The van der Waals surface area contributed by atoms with Crippen molar-refractivity contribution in [2.75, 3.05) is 18.6 Å². The van der Waals surface area contributed by atoms with E-state index in [2.05, 4.69) is 63.9 Å². The number of fused-ring (bicyclic) bond motifs is 1.